The third kappa shape index (κ3) is 4.58. The number of nitrogens with zero attached hydrogens (tertiary/aromatic N) is 1. The summed E-state index contributed by atoms with van der Waals surface area (Å²) in [6.45, 7) is 7.28. The average molecular weight is 400 g/mol. The number of H-pyrrole nitrogens is 1. The lowest BCUT2D eigenvalue weighted by Crippen LogP contribution is -3.11. The number of hydrogen-bond acceptors (Lipinski definition) is 3. The monoisotopic (exact) mass is 399 g/mol. The molecule has 3 rings (SSSR count). The summed E-state index contributed by atoms with van der Waals surface area (Å²) in [5.74, 6) is 0.437. The van der Waals surface area contributed by atoms with Crippen LogP contribution in [0.1, 0.15) is 23.9 Å². The summed E-state index contributed by atoms with van der Waals surface area (Å²) < 4.78 is 0. The number of benzene rings is 2. The fraction of sp³-hybridized carbons (Fsp3) is 0.286. The zero-order chi connectivity index (χ0) is 20.3. The topological polar surface area (TPSA) is 79.3 Å². The van der Waals surface area contributed by atoms with E-state index in [0.29, 0.717) is 40.5 Å². The van der Waals surface area contributed by atoms with Crippen molar-refractivity contribution in [2.24, 2.45) is 0 Å². The zero-order valence-corrected chi connectivity index (χ0v) is 17.0. The number of nitrogens with one attached hydrogen (secondary N) is 3. The third-order valence-corrected chi connectivity index (χ3v) is 4.98. The molecule has 7 heteroatoms. The van der Waals surface area contributed by atoms with E-state index in [-0.39, 0.29) is 18.0 Å². The number of anilines is 1. The van der Waals surface area contributed by atoms with Crippen molar-refractivity contribution in [3.05, 3.63) is 68.7 Å². The fourth-order valence-electron chi connectivity index (χ4n) is 3.25. The second-order valence-corrected chi connectivity index (χ2v) is 7.38. The maximum atomic E-state index is 12.6. The van der Waals surface area contributed by atoms with Crippen LogP contribution >= 0.6 is 11.6 Å². The molecule has 0 spiro atoms. The standard InChI is InChI=1S/C21H23ClN4O2/c1-4-26(11-18-23-17-8-6-5-7-15(17)21(28)24-18)12-19(27)25-20-14(3)9-13(2)10-16(20)22/h5-10H,4,11-12H2,1-3H3,(H,25,27)(H,23,24,28)/p+1. The second-order valence-electron chi connectivity index (χ2n) is 6.97. The van der Waals surface area contributed by atoms with Crippen molar-refractivity contribution in [2.75, 3.05) is 18.4 Å². The normalized spacial score (nSPS) is 12.1. The highest BCUT2D eigenvalue weighted by Crippen LogP contribution is 2.27. The molecule has 0 radical (unpaired) electrons. The van der Waals surface area contributed by atoms with Gasteiger partial charge in [0.05, 0.1) is 28.2 Å². The number of amides is 1. The summed E-state index contributed by atoms with van der Waals surface area (Å²) >= 11 is 6.28. The predicted molar refractivity (Wildman–Crippen MR) is 112 cm³/mol. The minimum atomic E-state index is -0.164. The first kappa shape index (κ1) is 20.0. The first-order chi connectivity index (χ1) is 13.4. The van der Waals surface area contributed by atoms with Crippen LogP contribution in [0.4, 0.5) is 5.69 Å². The molecule has 6 nitrogen and oxygen atoms in total. The molecule has 3 aromatic rings. The van der Waals surface area contributed by atoms with Gasteiger partial charge in [0, 0.05) is 0 Å². The van der Waals surface area contributed by atoms with E-state index < -0.39 is 0 Å². The lowest BCUT2D eigenvalue weighted by Gasteiger charge is -2.18. The van der Waals surface area contributed by atoms with E-state index in [1.807, 2.05) is 51.1 Å². The van der Waals surface area contributed by atoms with Crippen molar-refractivity contribution in [1.82, 2.24) is 9.97 Å². The highest BCUT2D eigenvalue weighted by Gasteiger charge is 2.17. The zero-order valence-electron chi connectivity index (χ0n) is 16.2. The smallest absolute Gasteiger partial charge is 0.279 e. The summed E-state index contributed by atoms with van der Waals surface area (Å²) in [5, 5.41) is 4.01. The molecular weight excluding hydrogens is 376 g/mol. The van der Waals surface area contributed by atoms with Crippen LogP contribution in [0.2, 0.25) is 5.02 Å². The molecule has 0 aliphatic rings. The van der Waals surface area contributed by atoms with Gasteiger partial charge in [-0.1, -0.05) is 29.8 Å². The Kier molecular flexibility index (Phi) is 6.11. The number of fused-ring (bicyclic) bond motifs is 1. The van der Waals surface area contributed by atoms with E-state index in [2.05, 4.69) is 15.3 Å². The van der Waals surface area contributed by atoms with E-state index in [1.54, 1.807) is 6.07 Å². The van der Waals surface area contributed by atoms with Crippen molar-refractivity contribution >= 4 is 34.1 Å². The predicted octanol–water partition coefficient (Wildman–Crippen LogP) is 2.24. The Bertz CT molecular complexity index is 1050. The molecule has 0 fully saturated rings. The number of aryl methyl sites for hydroxylation is 2. The highest BCUT2D eigenvalue weighted by molar-refractivity contribution is 6.34. The van der Waals surface area contributed by atoms with Gasteiger partial charge in [0.2, 0.25) is 0 Å². The van der Waals surface area contributed by atoms with Gasteiger partial charge in [0.25, 0.3) is 11.5 Å². The van der Waals surface area contributed by atoms with Crippen molar-refractivity contribution < 1.29 is 9.69 Å². The van der Waals surface area contributed by atoms with Crippen LogP contribution < -0.4 is 15.8 Å². The third-order valence-electron chi connectivity index (χ3n) is 4.69. The molecule has 0 aliphatic heterocycles. The van der Waals surface area contributed by atoms with E-state index in [0.717, 1.165) is 16.0 Å². The number of rotatable bonds is 6. The van der Waals surface area contributed by atoms with Crippen molar-refractivity contribution in [2.45, 2.75) is 27.3 Å². The van der Waals surface area contributed by atoms with E-state index >= 15 is 0 Å². The maximum absolute atomic E-state index is 12.6. The number of carbonyl (C=O) groups excluding carboxylic acids is 1. The summed E-state index contributed by atoms with van der Waals surface area (Å²) in [7, 11) is 0. The lowest BCUT2D eigenvalue weighted by molar-refractivity contribution is -0.904. The first-order valence-corrected chi connectivity index (χ1v) is 9.63. The van der Waals surface area contributed by atoms with E-state index in [9.17, 15) is 9.59 Å². The van der Waals surface area contributed by atoms with E-state index in [1.165, 1.54) is 0 Å². The quantitative estimate of drug-likeness (QED) is 0.594. The van der Waals surface area contributed by atoms with Crippen molar-refractivity contribution in [3.63, 3.8) is 0 Å². The van der Waals surface area contributed by atoms with Gasteiger partial charge in [-0.15, -0.1) is 0 Å². The molecule has 1 amide bonds. The fourth-order valence-corrected chi connectivity index (χ4v) is 3.62. The Balaban J connectivity index is 1.72. The molecule has 146 valence electrons. The number of aromatic amines is 1. The van der Waals surface area contributed by atoms with Crippen molar-refractivity contribution in [1.29, 1.82) is 0 Å². The maximum Gasteiger partial charge on any atom is 0.279 e. The number of quaternary nitrogens is 1. The molecular formula is C21H24ClN4O2+. The molecule has 1 atom stereocenters. The lowest BCUT2D eigenvalue weighted by atomic mass is 10.1. The molecule has 1 aromatic heterocycles. The number of halogens is 1. The van der Waals surface area contributed by atoms with Crippen LogP contribution in [0.25, 0.3) is 10.9 Å². The molecule has 0 aliphatic carbocycles. The Morgan fingerprint density at radius 3 is 2.71 bits per heavy atom. The molecule has 2 aromatic carbocycles. The van der Waals surface area contributed by atoms with Crippen LogP contribution in [0.3, 0.4) is 0 Å². The van der Waals surface area contributed by atoms with Crippen LogP contribution in [-0.4, -0.2) is 29.0 Å². The summed E-state index contributed by atoms with van der Waals surface area (Å²) in [6.07, 6.45) is 0. The van der Waals surface area contributed by atoms with Gasteiger partial charge in [-0.2, -0.15) is 0 Å². The van der Waals surface area contributed by atoms with Crippen LogP contribution in [0.5, 0.6) is 0 Å². The highest BCUT2D eigenvalue weighted by atomic mass is 35.5. The SMILES string of the molecule is CC[NH+](CC(=O)Nc1c(C)cc(C)cc1Cl)Cc1nc2ccccc2c(=O)[nH]1. The summed E-state index contributed by atoms with van der Waals surface area (Å²) in [4.78, 5) is 33.1. The Morgan fingerprint density at radius 2 is 2.00 bits per heavy atom. The largest absolute Gasteiger partial charge is 0.321 e. The number of likely N-dealkylation sites (N-methyl/N-ethyl adjacent to an activating group) is 1. The van der Waals surface area contributed by atoms with Gasteiger partial charge < -0.3 is 15.2 Å². The number of carbonyl (C=O) groups is 1. The second kappa shape index (κ2) is 8.54. The number of aromatic nitrogens is 2. The summed E-state index contributed by atoms with van der Waals surface area (Å²) in [5.41, 5.74) is 3.11. The number of hydrogen-bond donors (Lipinski definition) is 3. The molecule has 1 unspecified atom stereocenters. The molecule has 1 heterocycles. The van der Waals surface area contributed by atoms with Gasteiger partial charge in [0.1, 0.15) is 6.54 Å². The van der Waals surface area contributed by atoms with Gasteiger partial charge >= 0.3 is 0 Å². The Morgan fingerprint density at radius 1 is 1.25 bits per heavy atom. The van der Waals surface area contributed by atoms with Gasteiger partial charge in [-0.25, -0.2) is 4.98 Å². The van der Waals surface area contributed by atoms with Crippen LogP contribution in [0, 0.1) is 13.8 Å². The molecule has 0 saturated carbocycles. The number of para-hydroxylation sites is 1. The van der Waals surface area contributed by atoms with Gasteiger partial charge in [-0.05, 0) is 50.1 Å². The van der Waals surface area contributed by atoms with Crippen molar-refractivity contribution in [3.8, 4) is 0 Å². The van der Waals surface area contributed by atoms with Gasteiger partial charge in [0.15, 0.2) is 12.4 Å². The minimum Gasteiger partial charge on any atom is -0.321 e. The molecule has 0 saturated heterocycles. The Hall–Kier alpha value is -2.70. The molecule has 3 N–H and O–H groups in total. The average Bonchev–Trinajstić information content (AvgIpc) is 2.64. The van der Waals surface area contributed by atoms with Crippen LogP contribution in [-0.2, 0) is 11.3 Å². The minimum absolute atomic E-state index is 0.131. The summed E-state index contributed by atoms with van der Waals surface area (Å²) in [6, 6.07) is 11.0. The first-order valence-electron chi connectivity index (χ1n) is 9.25. The van der Waals surface area contributed by atoms with E-state index in [4.69, 9.17) is 11.6 Å². The van der Waals surface area contributed by atoms with Crippen LogP contribution in [0.15, 0.2) is 41.2 Å². The molecule has 28 heavy (non-hydrogen) atoms. The van der Waals surface area contributed by atoms with Gasteiger partial charge in [-0.3, -0.25) is 9.59 Å². The molecule has 0 bridgehead atoms. The Labute approximate surface area is 168 Å².